The molecule has 29 heavy (non-hydrogen) atoms. The van der Waals surface area contributed by atoms with Crippen molar-refractivity contribution in [3.8, 4) is 5.75 Å². The van der Waals surface area contributed by atoms with Crippen LogP contribution in [0.2, 0.25) is 0 Å². The van der Waals surface area contributed by atoms with Crippen LogP contribution in [0.5, 0.6) is 5.75 Å². The van der Waals surface area contributed by atoms with Gasteiger partial charge in [0.2, 0.25) is 11.8 Å². The van der Waals surface area contributed by atoms with Crippen LogP contribution in [0.25, 0.3) is 10.9 Å². The molecule has 2 aromatic heterocycles. The van der Waals surface area contributed by atoms with Crippen molar-refractivity contribution in [1.82, 2.24) is 24.9 Å². The van der Waals surface area contributed by atoms with E-state index in [-0.39, 0.29) is 30.7 Å². The Labute approximate surface area is 165 Å². The summed E-state index contributed by atoms with van der Waals surface area (Å²) in [5.74, 6) is -0.945. The van der Waals surface area contributed by atoms with E-state index < -0.39 is 5.92 Å². The largest absolute Gasteiger partial charge is 0.481 e. The van der Waals surface area contributed by atoms with Crippen molar-refractivity contribution in [3.05, 3.63) is 36.3 Å². The van der Waals surface area contributed by atoms with E-state index in [0.29, 0.717) is 29.1 Å². The second kappa shape index (κ2) is 7.38. The number of hydrogen-bond acceptors (Lipinski definition) is 6. The summed E-state index contributed by atoms with van der Waals surface area (Å²) in [5.41, 5.74) is 1.86. The second-order valence-electron chi connectivity index (χ2n) is 6.90. The number of imide groups is 1. The number of nitrogens with one attached hydrogen (secondary N) is 2. The Morgan fingerprint density at radius 2 is 2.17 bits per heavy atom. The Bertz CT molecular complexity index is 1120. The summed E-state index contributed by atoms with van der Waals surface area (Å²) in [5, 5.41) is 14.3. The average Bonchev–Trinajstić information content (AvgIpc) is 3.23. The van der Waals surface area contributed by atoms with Crippen LogP contribution in [0.1, 0.15) is 24.5 Å². The molecule has 4 rings (SSSR count). The predicted molar refractivity (Wildman–Crippen MR) is 103 cm³/mol. The van der Waals surface area contributed by atoms with Gasteiger partial charge in [0.15, 0.2) is 6.61 Å². The molecule has 0 spiro atoms. The topological polar surface area (TPSA) is 120 Å². The van der Waals surface area contributed by atoms with Crippen LogP contribution in [0.15, 0.2) is 30.6 Å². The highest BCUT2D eigenvalue weighted by atomic mass is 16.5. The van der Waals surface area contributed by atoms with Crippen molar-refractivity contribution in [3.63, 3.8) is 0 Å². The monoisotopic (exact) mass is 396 g/mol. The summed E-state index contributed by atoms with van der Waals surface area (Å²) in [7, 11) is 3.51. The molecule has 3 amide bonds. The molecule has 1 atom stereocenters. The SMILES string of the molecule is Cn1cc(NC(=O)COc2cccc3c(C4CCC(=O)NC4=O)nn(C)c23)cn1. The van der Waals surface area contributed by atoms with Crippen molar-refractivity contribution >= 4 is 34.3 Å². The van der Waals surface area contributed by atoms with Crippen molar-refractivity contribution in [1.29, 1.82) is 0 Å². The fourth-order valence-corrected chi connectivity index (χ4v) is 3.48. The first-order valence-electron chi connectivity index (χ1n) is 9.13. The molecular weight excluding hydrogens is 376 g/mol. The first-order valence-corrected chi connectivity index (χ1v) is 9.13. The molecule has 2 N–H and O–H groups in total. The minimum atomic E-state index is -0.500. The third kappa shape index (κ3) is 3.68. The van der Waals surface area contributed by atoms with Gasteiger partial charge >= 0.3 is 0 Å². The lowest BCUT2D eigenvalue weighted by Gasteiger charge is -2.19. The predicted octanol–water partition coefficient (Wildman–Crippen LogP) is 0.844. The zero-order valence-corrected chi connectivity index (χ0v) is 16.0. The number of fused-ring (bicyclic) bond motifs is 1. The van der Waals surface area contributed by atoms with Gasteiger partial charge in [0, 0.05) is 32.1 Å². The quantitative estimate of drug-likeness (QED) is 0.617. The molecule has 0 radical (unpaired) electrons. The standard InChI is InChI=1S/C19H20N6O4/c1-24-9-11(8-20-24)21-16(27)10-29-14-5-3-4-12-17(23-25(2)18(12)14)13-6-7-15(26)22-19(13)28/h3-5,8-9,13H,6-7,10H2,1-2H3,(H,21,27)(H,22,26,28). The zero-order chi connectivity index (χ0) is 20.5. The second-order valence-corrected chi connectivity index (χ2v) is 6.90. The van der Waals surface area contributed by atoms with Crippen molar-refractivity contribution < 1.29 is 19.1 Å². The van der Waals surface area contributed by atoms with Crippen LogP contribution in [0.4, 0.5) is 5.69 Å². The number of ether oxygens (including phenoxy) is 1. The number of nitrogens with zero attached hydrogens (tertiary/aromatic N) is 4. The number of para-hydroxylation sites is 1. The number of anilines is 1. The van der Waals surface area contributed by atoms with Gasteiger partial charge in [-0.05, 0) is 12.5 Å². The Kier molecular flexibility index (Phi) is 4.75. The molecule has 150 valence electrons. The highest BCUT2D eigenvalue weighted by Crippen LogP contribution is 2.34. The molecule has 1 aliphatic rings. The van der Waals surface area contributed by atoms with Crippen molar-refractivity contribution in [2.24, 2.45) is 14.1 Å². The van der Waals surface area contributed by atoms with Crippen LogP contribution in [-0.4, -0.2) is 43.9 Å². The molecule has 0 saturated carbocycles. The maximum Gasteiger partial charge on any atom is 0.262 e. The molecule has 1 aromatic carbocycles. The van der Waals surface area contributed by atoms with E-state index >= 15 is 0 Å². The number of carbonyl (C=O) groups excluding carboxylic acids is 3. The smallest absolute Gasteiger partial charge is 0.262 e. The first kappa shape index (κ1) is 18.7. The maximum atomic E-state index is 12.3. The molecule has 1 unspecified atom stereocenters. The normalized spacial score (nSPS) is 16.7. The third-order valence-electron chi connectivity index (χ3n) is 4.77. The lowest BCUT2D eigenvalue weighted by atomic mass is 9.93. The average molecular weight is 396 g/mol. The van der Waals surface area contributed by atoms with Gasteiger partial charge in [0.1, 0.15) is 11.3 Å². The van der Waals surface area contributed by atoms with Gasteiger partial charge in [-0.25, -0.2) is 0 Å². The summed E-state index contributed by atoms with van der Waals surface area (Å²) < 4.78 is 8.95. The van der Waals surface area contributed by atoms with Crippen LogP contribution in [0.3, 0.4) is 0 Å². The summed E-state index contributed by atoms with van der Waals surface area (Å²) in [6.07, 6.45) is 3.92. The maximum absolute atomic E-state index is 12.3. The number of piperidine rings is 1. The molecule has 1 saturated heterocycles. The van der Waals surface area contributed by atoms with E-state index in [2.05, 4.69) is 20.8 Å². The van der Waals surface area contributed by atoms with E-state index in [4.69, 9.17) is 4.74 Å². The van der Waals surface area contributed by atoms with Gasteiger partial charge in [-0.15, -0.1) is 0 Å². The van der Waals surface area contributed by atoms with Crippen molar-refractivity contribution in [2.45, 2.75) is 18.8 Å². The van der Waals surface area contributed by atoms with Gasteiger partial charge in [-0.3, -0.25) is 29.1 Å². The molecule has 10 nitrogen and oxygen atoms in total. The molecule has 3 heterocycles. The van der Waals surface area contributed by atoms with E-state index in [1.165, 1.54) is 0 Å². The third-order valence-corrected chi connectivity index (χ3v) is 4.77. The number of carbonyl (C=O) groups is 3. The number of rotatable bonds is 5. The molecule has 1 aliphatic heterocycles. The van der Waals surface area contributed by atoms with Gasteiger partial charge in [-0.2, -0.15) is 10.2 Å². The molecule has 0 aliphatic carbocycles. The number of aromatic nitrogens is 4. The Morgan fingerprint density at radius 1 is 1.34 bits per heavy atom. The Balaban J connectivity index is 1.55. The lowest BCUT2D eigenvalue weighted by Crippen LogP contribution is -2.39. The summed E-state index contributed by atoms with van der Waals surface area (Å²) in [6.45, 7) is -0.188. The molecule has 0 bridgehead atoms. The molecule has 3 aromatic rings. The van der Waals surface area contributed by atoms with Crippen LogP contribution in [0, 0.1) is 0 Å². The Hall–Kier alpha value is -3.69. The number of aryl methyl sites for hydroxylation is 2. The minimum absolute atomic E-state index is 0.188. The molecule has 10 heteroatoms. The van der Waals surface area contributed by atoms with Crippen LogP contribution >= 0.6 is 0 Å². The number of benzene rings is 1. The lowest BCUT2D eigenvalue weighted by molar-refractivity contribution is -0.134. The van der Waals surface area contributed by atoms with E-state index in [1.807, 2.05) is 6.07 Å². The first-order chi connectivity index (χ1) is 13.9. The summed E-state index contributed by atoms with van der Waals surface area (Å²) in [4.78, 5) is 35.9. The zero-order valence-electron chi connectivity index (χ0n) is 16.0. The van der Waals surface area contributed by atoms with Crippen molar-refractivity contribution in [2.75, 3.05) is 11.9 Å². The Morgan fingerprint density at radius 3 is 2.90 bits per heavy atom. The highest BCUT2D eigenvalue weighted by Gasteiger charge is 2.32. The van der Waals surface area contributed by atoms with Gasteiger partial charge in [0.25, 0.3) is 5.91 Å². The van der Waals surface area contributed by atoms with E-state index in [9.17, 15) is 14.4 Å². The van der Waals surface area contributed by atoms with Crippen LogP contribution < -0.4 is 15.4 Å². The summed E-state index contributed by atoms with van der Waals surface area (Å²) >= 11 is 0. The van der Waals surface area contributed by atoms with Gasteiger partial charge in [-0.1, -0.05) is 12.1 Å². The van der Waals surface area contributed by atoms with E-state index in [1.54, 1.807) is 48.0 Å². The number of hydrogen-bond donors (Lipinski definition) is 2. The van der Waals surface area contributed by atoms with E-state index in [0.717, 1.165) is 5.39 Å². The minimum Gasteiger partial charge on any atom is -0.481 e. The van der Waals surface area contributed by atoms with Gasteiger partial charge in [0.05, 0.1) is 23.5 Å². The highest BCUT2D eigenvalue weighted by molar-refractivity contribution is 6.03. The molecule has 1 fully saturated rings. The molecular formula is C19H20N6O4. The van der Waals surface area contributed by atoms with Gasteiger partial charge < -0.3 is 10.1 Å². The van der Waals surface area contributed by atoms with Crippen LogP contribution in [-0.2, 0) is 28.5 Å². The summed E-state index contributed by atoms with van der Waals surface area (Å²) in [6, 6.07) is 5.38. The number of amides is 3. The fraction of sp³-hybridized carbons (Fsp3) is 0.316. The fourth-order valence-electron chi connectivity index (χ4n) is 3.48.